The van der Waals surface area contributed by atoms with Crippen molar-refractivity contribution < 1.29 is 52.2 Å². The van der Waals surface area contributed by atoms with Crippen molar-refractivity contribution in [1.82, 2.24) is 15.2 Å². The fourth-order valence-electron chi connectivity index (χ4n) is 4.52. The fourth-order valence-corrected chi connectivity index (χ4v) is 8.23. The van der Waals surface area contributed by atoms with E-state index in [4.69, 9.17) is 30.6 Å². The molecule has 4 rings (SSSR count). The summed E-state index contributed by atoms with van der Waals surface area (Å²) < 4.78 is 34.1. The molecule has 2 N–H and O–H groups in total. The van der Waals surface area contributed by atoms with E-state index in [1.165, 1.54) is 14.0 Å². The molecule has 1 aromatic heterocycles. The molecule has 50 heavy (non-hydrogen) atoms. The molecule has 0 radical (unpaired) electrons. The van der Waals surface area contributed by atoms with Gasteiger partial charge in [-0.2, -0.15) is 0 Å². The topological polar surface area (TPSA) is 207 Å². The number of β-lactam (4-membered cyclic amide) rings is 1. The number of benzene rings is 1. The largest absolute Gasteiger partial charge is 0.614 e. The lowest BCUT2D eigenvalue weighted by atomic mass is 10.0. The Hall–Kier alpha value is -3.60. The van der Waals surface area contributed by atoms with E-state index in [0.717, 1.165) is 24.3 Å². The molecule has 268 valence electrons. The summed E-state index contributed by atoms with van der Waals surface area (Å²) in [6, 6.07) is 5.50. The van der Waals surface area contributed by atoms with Crippen LogP contribution in [0.1, 0.15) is 39.0 Å². The Morgan fingerprint density at radius 1 is 1.26 bits per heavy atom. The number of hydrogen-bond donors (Lipinski definition) is 2. The number of ether oxygens (including phenoxy) is 3. The van der Waals surface area contributed by atoms with Crippen molar-refractivity contribution in [3.63, 3.8) is 0 Å². The van der Waals surface area contributed by atoms with Gasteiger partial charge < -0.3 is 33.6 Å². The van der Waals surface area contributed by atoms with Crippen LogP contribution < -0.4 is 15.4 Å². The van der Waals surface area contributed by atoms with Crippen LogP contribution in [0, 0.1) is 0 Å². The lowest BCUT2D eigenvalue weighted by Gasteiger charge is -2.49. The number of oxime groups is 1. The SMILES string of the molecule is BOC(=O)[C@H](C)O/N=C(\C(=O)N[C@@H]1C(=O)N2C(C(=O)OCc3ccc(OC)cc3)=C(CI)C[S+]([O-])[C@H]12)c1nc(NC(=O)OC(C)(C)C)sc1Cl. The molecule has 1 fully saturated rings. The van der Waals surface area contributed by atoms with E-state index >= 15 is 0 Å². The van der Waals surface area contributed by atoms with Crippen molar-refractivity contribution >= 4 is 105 Å². The van der Waals surface area contributed by atoms with Gasteiger partial charge in [-0.25, -0.2) is 19.4 Å². The number of fused-ring (bicyclic) bond motifs is 1. The van der Waals surface area contributed by atoms with E-state index in [9.17, 15) is 28.5 Å². The number of carbonyl (C=O) groups excluding carboxylic acids is 5. The maximum atomic E-state index is 13.7. The predicted octanol–water partition coefficient (Wildman–Crippen LogP) is 2.20. The number of rotatable bonds is 12. The number of esters is 1. The third-order valence-electron chi connectivity index (χ3n) is 6.84. The monoisotopic (exact) mass is 863 g/mol. The summed E-state index contributed by atoms with van der Waals surface area (Å²) in [5.41, 5.74) is -0.578. The highest BCUT2D eigenvalue weighted by Gasteiger charge is 2.61. The van der Waals surface area contributed by atoms with Gasteiger partial charge in [0.15, 0.2) is 16.9 Å². The molecule has 2 aromatic rings. The summed E-state index contributed by atoms with van der Waals surface area (Å²) in [5.74, 6) is -2.79. The van der Waals surface area contributed by atoms with Gasteiger partial charge in [0, 0.05) is 10.0 Å². The first-order valence-electron chi connectivity index (χ1n) is 14.7. The Balaban J connectivity index is 1.56. The van der Waals surface area contributed by atoms with Gasteiger partial charge in [-0.1, -0.05) is 62.8 Å². The number of nitrogens with zero attached hydrogens (tertiary/aromatic N) is 3. The molecule has 2 aliphatic rings. The number of anilines is 1. The van der Waals surface area contributed by atoms with Crippen LogP contribution in [-0.4, -0.2) is 98.5 Å². The maximum Gasteiger partial charge on any atom is 0.413 e. The number of methoxy groups -OCH3 is 1. The van der Waals surface area contributed by atoms with E-state index in [1.807, 2.05) is 22.6 Å². The molecule has 16 nitrogen and oxygen atoms in total. The summed E-state index contributed by atoms with van der Waals surface area (Å²) in [4.78, 5) is 75.3. The minimum atomic E-state index is -1.73. The maximum absolute atomic E-state index is 13.7. The van der Waals surface area contributed by atoms with Gasteiger partial charge >= 0.3 is 26.1 Å². The minimum absolute atomic E-state index is 0.0439. The predicted molar refractivity (Wildman–Crippen MR) is 193 cm³/mol. The number of amides is 3. The van der Waals surface area contributed by atoms with E-state index in [1.54, 1.807) is 45.0 Å². The molecule has 4 atom stereocenters. The minimum Gasteiger partial charge on any atom is -0.614 e. The number of aromatic nitrogens is 1. The van der Waals surface area contributed by atoms with Crippen molar-refractivity contribution in [2.24, 2.45) is 5.16 Å². The first kappa shape index (κ1) is 39.2. The summed E-state index contributed by atoms with van der Waals surface area (Å²) >= 11 is 7.45. The molecule has 21 heteroatoms. The molecule has 0 aliphatic carbocycles. The second-order valence-corrected chi connectivity index (χ2v) is 15.5. The molecule has 0 bridgehead atoms. The highest BCUT2D eigenvalue weighted by Crippen LogP contribution is 2.38. The zero-order chi connectivity index (χ0) is 36.9. The second kappa shape index (κ2) is 16.6. The Kier molecular flexibility index (Phi) is 13.0. The molecule has 1 unspecified atom stereocenters. The summed E-state index contributed by atoms with van der Waals surface area (Å²) in [5, 5.41) is 7.52. The number of halogens is 2. The van der Waals surface area contributed by atoms with Crippen LogP contribution in [0.3, 0.4) is 0 Å². The Morgan fingerprint density at radius 2 is 1.94 bits per heavy atom. The van der Waals surface area contributed by atoms with Crippen molar-refractivity contribution in [1.29, 1.82) is 0 Å². The van der Waals surface area contributed by atoms with E-state index in [0.29, 0.717) is 21.3 Å². The van der Waals surface area contributed by atoms with Crippen LogP contribution in [0.25, 0.3) is 0 Å². The van der Waals surface area contributed by atoms with Crippen LogP contribution >= 0.6 is 45.5 Å². The van der Waals surface area contributed by atoms with Crippen molar-refractivity contribution in [2.45, 2.75) is 57.4 Å². The lowest BCUT2D eigenvalue weighted by molar-refractivity contribution is -0.153. The van der Waals surface area contributed by atoms with Gasteiger partial charge in [-0.3, -0.25) is 19.8 Å². The molecule has 1 saturated heterocycles. The highest BCUT2D eigenvalue weighted by atomic mass is 127. The standard InChI is InChI=1S/C29H32BClIN5O11S2/c1-13(25(40)47-30)48-36-18(17-21(31)49-27(34-17)35-28(42)46-29(2,3)4)22(38)33-19-23(39)37-20(15(10-32)12-50(43)24(19)37)26(41)45-11-14-6-8-16(44-5)9-7-14/h6-9,13,19,24H,10-12,30H2,1-5H3,(H,33,38)(H,34,35,42)/b36-18-/t13-,19+,24+,50?/m0/s1. The van der Waals surface area contributed by atoms with Gasteiger partial charge in [-0.15, -0.1) is 0 Å². The molecule has 3 heterocycles. The van der Waals surface area contributed by atoms with Crippen LogP contribution in [0.4, 0.5) is 9.93 Å². The molecular weight excluding hydrogens is 832 g/mol. The van der Waals surface area contributed by atoms with Gasteiger partial charge in [0.1, 0.15) is 39.4 Å². The number of thiazole rings is 1. The molecule has 1 aromatic carbocycles. The Labute approximate surface area is 313 Å². The van der Waals surface area contributed by atoms with E-state index < -0.39 is 69.9 Å². The van der Waals surface area contributed by atoms with Crippen LogP contribution in [-0.2, 0) is 55.9 Å². The van der Waals surface area contributed by atoms with Crippen molar-refractivity contribution in [3.8, 4) is 5.75 Å². The molecule has 2 aliphatic heterocycles. The normalized spacial score (nSPS) is 19.4. The summed E-state index contributed by atoms with van der Waals surface area (Å²) in [7, 11) is 2.66. The number of carbonyl (C=O) groups is 5. The smallest absolute Gasteiger partial charge is 0.413 e. The third kappa shape index (κ3) is 9.19. The average molecular weight is 864 g/mol. The first-order chi connectivity index (χ1) is 23.6. The highest BCUT2D eigenvalue weighted by molar-refractivity contribution is 14.1. The van der Waals surface area contributed by atoms with Gasteiger partial charge in [-0.05, 0) is 56.6 Å². The summed E-state index contributed by atoms with van der Waals surface area (Å²) in [6.07, 6.45) is -2.11. The van der Waals surface area contributed by atoms with Crippen molar-refractivity contribution in [3.05, 3.63) is 51.1 Å². The van der Waals surface area contributed by atoms with E-state index in [2.05, 4.69) is 25.4 Å². The Morgan fingerprint density at radius 3 is 2.54 bits per heavy atom. The lowest BCUT2D eigenvalue weighted by Crippen LogP contribution is -2.75. The molecule has 0 spiro atoms. The van der Waals surface area contributed by atoms with Gasteiger partial charge in [0.05, 0.1) is 7.11 Å². The molecule has 0 saturated carbocycles. The Bertz CT molecular complexity index is 1720. The third-order valence-corrected chi connectivity index (χ3v) is 10.6. The second-order valence-electron chi connectivity index (χ2n) is 11.6. The van der Waals surface area contributed by atoms with Crippen LogP contribution in [0.2, 0.25) is 4.34 Å². The molecule has 3 amide bonds. The van der Waals surface area contributed by atoms with Gasteiger partial charge in [0.2, 0.25) is 11.5 Å². The first-order valence-corrected chi connectivity index (χ1v) is 18.8. The van der Waals surface area contributed by atoms with Gasteiger partial charge in [0.25, 0.3) is 11.8 Å². The zero-order valence-corrected chi connectivity index (χ0v) is 32.1. The average Bonchev–Trinajstić information content (AvgIpc) is 3.42. The molecular formula is C29H32BClIN5O11S2. The van der Waals surface area contributed by atoms with E-state index in [-0.39, 0.29) is 33.2 Å². The fraction of sp³-hybridized carbons (Fsp3) is 0.414. The van der Waals surface area contributed by atoms with Crippen molar-refractivity contribution in [2.75, 3.05) is 22.6 Å². The van der Waals surface area contributed by atoms with Crippen LogP contribution in [0.5, 0.6) is 5.75 Å². The zero-order valence-electron chi connectivity index (χ0n) is 27.6. The number of nitrogens with one attached hydrogen (secondary N) is 2. The quantitative estimate of drug-likeness (QED) is 0.0461. The number of alkyl halides is 1. The summed E-state index contributed by atoms with van der Waals surface area (Å²) in [6.45, 7) is 6.21. The number of hydrogen-bond acceptors (Lipinski definition) is 14. The van der Waals surface area contributed by atoms with Crippen LogP contribution in [0.15, 0.2) is 40.7 Å².